The van der Waals surface area contributed by atoms with Crippen molar-refractivity contribution < 1.29 is 5.11 Å². The zero-order valence-electron chi connectivity index (χ0n) is 7.39. The average Bonchev–Trinajstić information content (AvgIpc) is 1.96. The third-order valence-electron chi connectivity index (χ3n) is 1.84. The molecule has 1 aromatic carbocycles. The normalized spacial score (nSPS) is 9.83. The number of anilines is 1. The molecule has 0 radical (unpaired) electrons. The summed E-state index contributed by atoms with van der Waals surface area (Å²) in [5, 5.41) is 9.18. The van der Waals surface area contributed by atoms with Crippen molar-refractivity contribution in [1.29, 1.82) is 0 Å². The van der Waals surface area contributed by atoms with Gasteiger partial charge in [-0.05, 0) is 31.0 Å². The van der Waals surface area contributed by atoms with Gasteiger partial charge in [-0.3, -0.25) is 0 Å². The van der Waals surface area contributed by atoms with E-state index in [-0.39, 0.29) is 5.76 Å². The third-order valence-corrected chi connectivity index (χ3v) is 1.84. The highest BCUT2D eigenvalue weighted by molar-refractivity contribution is 5.72. The summed E-state index contributed by atoms with van der Waals surface area (Å²) in [4.78, 5) is 0. The quantitative estimate of drug-likeness (QED) is 0.493. The molecule has 2 heteroatoms. The summed E-state index contributed by atoms with van der Waals surface area (Å²) >= 11 is 0. The van der Waals surface area contributed by atoms with Gasteiger partial charge in [0.15, 0.2) is 0 Å². The van der Waals surface area contributed by atoms with E-state index in [0.29, 0.717) is 11.3 Å². The van der Waals surface area contributed by atoms with Crippen molar-refractivity contribution in [3.05, 3.63) is 35.4 Å². The van der Waals surface area contributed by atoms with Crippen molar-refractivity contribution >= 4 is 11.4 Å². The lowest BCUT2D eigenvalue weighted by Crippen LogP contribution is -1.97. The van der Waals surface area contributed by atoms with Crippen LogP contribution in [0.15, 0.2) is 18.7 Å². The minimum atomic E-state index is 0.0271. The molecule has 0 unspecified atom stereocenters. The zero-order chi connectivity index (χ0) is 9.30. The molecule has 0 bridgehead atoms. The van der Waals surface area contributed by atoms with Crippen LogP contribution < -0.4 is 5.73 Å². The number of hydrogen-bond acceptors (Lipinski definition) is 2. The fraction of sp³-hybridized carbons (Fsp3) is 0.200. The molecule has 3 N–H and O–H groups in total. The first-order valence-corrected chi connectivity index (χ1v) is 3.77. The zero-order valence-corrected chi connectivity index (χ0v) is 7.39. The second kappa shape index (κ2) is 2.89. The second-order valence-corrected chi connectivity index (χ2v) is 2.99. The fourth-order valence-corrected chi connectivity index (χ4v) is 1.22. The van der Waals surface area contributed by atoms with Gasteiger partial charge >= 0.3 is 0 Å². The molecule has 1 rings (SSSR count). The van der Waals surface area contributed by atoms with Crippen molar-refractivity contribution in [3.8, 4) is 0 Å². The van der Waals surface area contributed by atoms with Crippen molar-refractivity contribution in [3.63, 3.8) is 0 Å². The van der Waals surface area contributed by atoms with Crippen molar-refractivity contribution in [2.75, 3.05) is 5.73 Å². The van der Waals surface area contributed by atoms with Crippen LogP contribution in [-0.2, 0) is 0 Å². The lowest BCUT2D eigenvalue weighted by Gasteiger charge is -2.08. The number of nitrogen functional groups attached to an aromatic ring is 1. The first-order valence-electron chi connectivity index (χ1n) is 3.77. The van der Waals surface area contributed by atoms with Crippen molar-refractivity contribution in [2.45, 2.75) is 13.8 Å². The molecule has 0 spiro atoms. The molecule has 1 aromatic rings. The maximum absolute atomic E-state index is 9.18. The molecule has 2 nitrogen and oxygen atoms in total. The van der Waals surface area contributed by atoms with Crippen LogP contribution in [0.2, 0.25) is 0 Å². The molecule has 0 aliphatic carbocycles. The fourth-order valence-electron chi connectivity index (χ4n) is 1.22. The van der Waals surface area contributed by atoms with E-state index in [9.17, 15) is 5.11 Å². The van der Waals surface area contributed by atoms with Gasteiger partial charge in [-0.25, -0.2) is 0 Å². The number of rotatable bonds is 1. The van der Waals surface area contributed by atoms with Crippen molar-refractivity contribution in [2.24, 2.45) is 0 Å². The maximum atomic E-state index is 9.18. The largest absolute Gasteiger partial charge is 0.508 e. The molecular formula is C10H13NO. The number of benzene rings is 1. The van der Waals surface area contributed by atoms with Gasteiger partial charge in [-0.2, -0.15) is 0 Å². The van der Waals surface area contributed by atoms with Crippen LogP contribution in [0.4, 0.5) is 5.69 Å². The smallest absolute Gasteiger partial charge is 0.117 e. The van der Waals surface area contributed by atoms with E-state index in [2.05, 4.69) is 6.58 Å². The lowest BCUT2D eigenvalue weighted by molar-refractivity contribution is 0.514. The van der Waals surface area contributed by atoms with E-state index in [1.54, 1.807) is 0 Å². The summed E-state index contributed by atoms with van der Waals surface area (Å²) < 4.78 is 0. The minimum Gasteiger partial charge on any atom is -0.508 e. The third kappa shape index (κ3) is 1.42. The van der Waals surface area contributed by atoms with Crippen LogP contribution in [0.5, 0.6) is 0 Å². The number of hydrogen-bond donors (Lipinski definition) is 2. The number of aliphatic hydroxyl groups excluding tert-OH is 1. The van der Waals surface area contributed by atoms with Gasteiger partial charge in [0.1, 0.15) is 5.76 Å². The van der Waals surface area contributed by atoms with E-state index in [1.807, 2.05) is 26.0 Å². The summed E-state index contributed by atoms with van der Waals surface area (Å²) in [5.41, 5.74) is 9.02. The summed E-state index contributed by atoms with van der Waals surface area (Å²) in [6.45, 7) is 7.31. The van der Waals surface area contributed by atoms with Gasteiger partial charge in [-0.1, -0.05) is 12.6 Å². The van der Waals surface area contributed by atoms with Gasteiger partial charge in [0.05, 0.1) is 0 Å². The second-order valence-electron chi connectivity index (χ2n) is 2.99. The number of aliphatic hydroxyl groups is 1. The standard InChI is InChI=1S/C10H13NO/c1-6-4-7(2)10(11)9(5-6)8(3)12/h4-5,12H,3,11H2,1-2H3. The molecule has 0 aromatic heterocycles. The molecule has 0 aliphatic heterocycles. The van der Waals surface area contributed by atoms with E-state index in [0.717, 1.165) is 11.1 Å². The van der Waals surface area contributed by atoms with E-state index < -0.39 is 0 Å². The SMILES string of the molecule is C=C(O)c1cc(C)cc(C)c1N. The monoisotopic (exact) mass is 163 g/mol. The van der Waals surface area contributed by atoms with E-state index >= 15 is 0 Å². The van der Waals surface area contributed by atoms with Crippen LogP contribution >= 0.6 is 0 Å². The van der Waals surface area contributed by atoms with Crippen LogP contribution in [-0.4, -0.2) is 5.11 Å². The summed E-state index contributed by atoms with van der Waals surface area (Å²) in [5.74, 6) is 0.0271. The topological polar surface area (TPSA) is 46.2 Å². The Bertz CT molecular complexity index is 329. The molecule has 0 fully saturated rings. The van der Waals surface area contributed by atoms with Crippen LogP contribution in [0.25, 0.3) is 5.76 Å². The van der Waals surface area contributed by atoms with E-state index in [4.69, 9.17) is 5.73 Å². The van der Waals surface area contributed by atoms with Gasteiger partial charge in [-0.15, -0.1) is 0 Å². The van der Waals surface area contributed by atoms with Crippen LogP contribution in [0.3, 0.4) is 0 Å². The Morgan fingerprint density at radius 3 is 2.50 bits per heavy atom. The molecule has 64 valence electrons. The molecule has 0 aliphatic rings. The molecule has 12 heavy (non-hydrogen) atoms. The molecule has 0 heterocycles. The molecular weight excluding hydrogens is 150 g/mol. The predicted octanol–water partition coefficient (Wildman–Crippen LogP) is 2.41. The van der Waals surface area contributed by atoms with Gasteiger partial charge in [0, 0.05) is 11.3 Å². The Kier molecular flexibility index (Phi) is 2.09. The number of nitrogens with two attached hydrogens (primary N) is 1. The van der Waals surface area contributed by atoms with Crippen LogP contribution in [0, 0.1) is 13.8 Å². The Hall–Kier alpha value is -1.44. The summed E-state index contributed by atoms with van der Waals surface area (Å²) in [7, 11) is 0. The highest BCUT2D eigenvalue weighted by atomic mass is 16.3. The Morgan fingerprint density at radius 1 is 1.42 bits per heavy atom. The predicted molar refractivity (Wildman–Crippen MR) is 52.0 cm³/mol. The Balaban J connectivity index is 3.37. The van der Waals surface area contributed by atoms with Gasteiger partial charge < -0.3 is 10.8 Å². The first kappa shape index (κ1) is 8.65. The van der Waals surface area contributed by atoms with Crippen LogP contribution in [0.1, 0.15) is 16.7 Å². The number of aryl methyl sites for hydroxylation is 2. The average molecular weight is 163 g/mol. The Morgan fingerprint density at radius 2 is 2.00 bits per heavy atom. The van der Waals surface area contributed by atoms with Crippen molar-refractivity contribution in [1.82, 2.24) is 0 Å². The Labute approximate surface area is 72.3 Å². The first-order chi connectivity index (χ1) is 5.52. The molecule has 0 saturated heterocycles. The highest BCUT2D eigenvalue weighted by Gasteiger charge is 2.04. The summed E-state index contributed by atoms with van der Waals surface area (Å²) in [6, 6.07) is 3.80. The minimum absolute atomic E-state index is 0.0271. The van der Waals surface area contributed by atoms with Gasteiger partial charge in [0.2, 0.25) is 0 Å². The molecule has 0 amide bonds. The maximum Gasteiger partial charge on any atom is 0.117 e. The molecule has 0 atom stereocenters. The van der Waals surface area contributed by atoms with E-state index in [1.165, 1.54) is 0 Å². The summed E-state index contributed by atoms with van der Waals surface area (Å²) in [6.07, 6.45) is 0. The van der Waals surface area contributed by atoms with Gasteiger partial charge in [0.25, 0.3) is 0 Å². The molecule has 0 saturated carbocycles. The lowest BCUT2D eigenvalue weighted by atomic mass is 10.0. The highest BCUT2D eigenvalue weighted by Crippen LogP contribution is 2.23.